The Morgan fingerprint density at radius 2 is 1.92 bits per heavy atom. The van der Waals surface area contributed by atoms with E-state index in [0.29, 0.717) is 5.92 Å². The summed E-state index contributed by atoms with van der Waals surface area (Å²) in [6, 6.07) is 8.19. The van der Waals surface area contributed by atoms with E-state index in [4.69, 9.17) is 11.6 Å². The summed E-state index contributed by atoms with van der Waals surface area (Å²) in [5, 5.41) is 0.817. The minimum Gasteiger partial charge on any atom is -0.179 e. The Morgan fingerprint density at radius 3 is 2.38 bits per heavy atom. The van der Waals surface area contributed by atoms with Crippen molar-refractivity contribution in [3.05, 3.63) is 34.9 Å². The molecule has 0 aliphatic heterocycles. The molecule has 0 saturated heterocycles. The molecule has 1 aliphatic rings. The number of benzene rings is 1. The summed E-state index contributed by atoms with van der Waals surface area (Å²) >= 11 is 10.2. The van der Waals surface area contributed by atoms with Crippen molar-refractivity contribution < 1.29 is 0 Å². The summed E-state index contributed by atoms with van der Waals surface area (Å²) in [5.41, 5.74) is 1.39. The zero-order valence-corrected chi connectivity index (χ0v) is 9.06. The third kappa shape index (κ3) is 2.21. The van der Waals surface area contributed by atoms with Crippen molar-refractivity contribution in [2.45, 2.75) is 18.8 Å². The molecular formula is C11H13ClS. The van der Waals surface area contributed by atoms with Crippen LogP contribution in [-0.2, 0) is 0 Å². The fourth-order valence-corrected chi connectivity index (χ4v) is 2.37. The van der Waals surface area contributed by atoms with Crippen LogP contribution in [0.2, 0.25) is 5.02 Å². The highest BCUT2D eigenvalue weighted by Crippen LogP contribution is 2.43. The lowest BCUT2D eigenvalue weighted by Crippen LogP contribution is -2.02. The molecule has 0 spiro atoms. The van der Waals surface area contributed by atoms with E-state index in [-0.39, 0.29) is 0 Å². The van der Waals surface area contributed by atoms with Gasteiger partial charge in [0.1, 0.15) is 0 Å². The molecule has 0 aromatic heterocycles. The Morgan fingerprint density at radius 1 is 1.31 bits per heavy atom. The van der Waals surface area contributed by atoms with Gasteiger partial charge in [-0.2, -0.15) is 12.6 Å². The SMILES string of the molecule is SCC(c1ccc(Cl)cc1)C1CC1. The maximum Gasteiger partial charge on any atom is 0.0406 e. The monoisotopic (exact) mass is 212 g/mol. The lowest BCUT2D eigenvalue weighted by Gasteiger charge is -2.13. The normalized spacial score (nSPS) is 18.6. The minimum absolute atomic E-state index is 0.639. The Bertz CT molecular complexity index is 277. The molecule has 1 aromatic carbocycles. The molecule has 0 N–H and O–H groups in total. The van der Waals surface area contributed by atoms with Crippen LogP contribution >= 0.6 is 24.2 Å². The van der Waals surface area contributed by atoms with Crippen molar-refractivity contribution in [3.63, 3.8) is 0 Å². The van der Waals surface area contributed by atoms with Gasteiger partial charge >= 0.3 is 0 Å². The third-order valence-corrected chi connectivity index (χ3v) is 3.33. The molecule has 1 fully saturated rings. The first kappa shape index (κ1) is 9.42. The highest BCUT2D eigenvalue weighted by Gasteiger charge is 2.30. The second-order valence-corrected chi connectivity index (χ2v) is 4.48. The topological polar surface area (TPSA) is 0 Å². The van der Waals surface area contributed by atoms with Gasteiger partial charge in [0.05, 0.1) is 0 Å². The van der Waals surface area contributed by atoms with E-state index in [9.17, 15) is 0 Å². The van der Waals surface area contributed by atoms with E-state index in [1.807, 2.05) is 12.1 Å². The molecule has 1 atom stereocenters. The molecule has 2 heteroatoms. The van der Waals surface area contributed by atoms with Gasteiger partial charge in [-0.1, -0.05) is 23.7 Å². The van der Waals surface area contributed by atoms with Gasteiger partial charge in [0.15, 0.2) is 0 Å². The van der Waals surface area contributed by atoms with Crippen LogP contribution in [0.3, 0.4) is 0 Å². The smallest absolute Gasteiger partial charge is 0.0406 e. The van der Waals surface area contributed by atoms with Crippen LogP contribution in [0.4, 0.5) is 0 Å². The number of thiol groups is 1. The Kier molecular flexibility index (Phi) is 2.85. The maximum absolute atomic E-state index is 5.84. The summed E-state index contributed by atoms with van der Waals surface area (Å²) in [6.45, 7) is 0. The summed E-state index contributed by atoms with van der Waals surface area (Å²) in [4.78, 5) is 0. The lowest BCUT2D eigenvalue weighted by atomic mass is 9.96. The van der Waals surface area contributed by atoms with Crippen LogP contribution in [0, 0.1) is 5.92 Å². The molecule has 0 amide bonds. The number of halogens is 1. The average Bonchev–Trinajstić information content (AvgIpc) is 2.93. The van der Waals surface area contributed by atoms with Gasteiger partial charge < -0.3 is 0 Å². The maximum atomic E-state index is 5.84. The van der Waals surface area contributed by atoms with Crippen LogP contribution in [0.1, 0.15) is 24.3 Å². The van der Waals surface area contributed by atoms with Gasteiger partial charge in [-0.05, 0) is 48.1 Å². The van der Waals surface area contributed by atoms with Gasteiger partial charge in [0.2, 0.25) is 0 Å². The van der Waals surface area contributed by atoms with Gasteiger partial charge in [-0.25, -0.2) is 0 Å². The van der Waals surface area contributed by atoms with E-state index in [2.05, 4.69) is 24.8 Å². The molecule has 0 radical (unpaired) electrons. The summed E-state index contributed by atoms with van der Waals surface area (Å²) < 4.78 is 0. The Balaban J connectivity index is 2.17. The fraction of sp³-hybridized carbons (Fsp3) is 0.455. The van der Waals surface area contributed by atoms with Crippen LogP contribution in [0.5, 0.6) is 0 Å². The highest BCUT2D eigenvalue weighted by molar-refractivity contribution is 7.80. The van der Waals surface area contributed by atoms with E-state index in [1.165, 1.54) is 18.4 Å². The van der Waals surface area contributed by atoms with Crippen molar-refractivity contribution in [1.29, 1.82) is 0 Å². The molecule has 13 heavy (non-hydrogen) atoms. The van der Waals surface area contributed by atoms with Crippen LogP contribution < -0.4 is 0 Å². The fourth-order valence-electron chi connectivity index (χ4n) is 1.74. The minimum atomic E-state index is 0.639. The van der Waals surface area contributed by atoms with Crippen molar-refractivity contribution in [2.24, 2.45) is 5.92 Å². The van der Waals surface area contributed by atoms with Crippen LogP contribution in [0.15, 0.2) is 24.3 Å². The van der Waals surface area contributed by atoms with Crippen LogP contribution in [0.25, 0.3) is 0 Å². The van der Waals surface area contributed by atoms with Crippen LogP contribution in [-0.4, -0.2) is 5.75 Å². The zero-order chi connectivity index (χ0) is 9.26. The van der Waals surface area contributed by atoms with Gasteiger partial charge in [0, 0.05) is 5.02 Å². The number of rotatable bonds is 3. The van der Waals surface area contributed by atoms with Crippen molar-refractivity contribution >= 4 is 24.2 Å². The van der Waals surface area contributed by atoms with E-state index >= 15 is 0 Å². The van der Waals surface area contributed by atoms with E-state index < -0.39 is 0 Å². The largest absolute Gasteiger partial charge is 0.179 e. The lowest BCUT2D eigenvalue weighted by molar-refractivity contribution is 0.675. The standard InChI is InChI=1S/C11H13ClS/c12-10-5-3-9(4-6-10)11(7-13)8-1-2-8/h3-6,8,11,13H,1-2,7H2. The second-order valence-electron chi connectivity index (χ2n) is 3.68. The highest BCUT2D eigenvalue weighted by atomic mass is 35.5. The first-order valence-electron chi connectivity index (χ1n) is 4.67. The predicted molar refractivity (Wildman–Crippen MR) is 60.8 cm³/mol. The molecule has 2 rings (SSSR count). The van der Waals surface area contributed by atoms with Gasteiger partial charge in [0.25, 0.3) is 0 Å². The van der Waals surface area contributed by atoms with Gasteiger partial charge in [-0.15, -0.1) is 0 Å². The van der Waals surface area contributed by atoms with Crippen molar-refractivity contribution in [3.8, 4) is 0 Å². The first-order chi connectivity index (χ1) is 6.31. The van der Waals surface area contributed by atoms with Crippen molar-refractivity contribution in [2.75, 3.05) is 5.75 Å². The van der Waals surface area contributed by atoms with E-state index in [0.717, 1.165) is 16.7 Å². The zero-order valence-electron chi connectivity index (χ0n) is 7.41. The van der Waals surface area contributed by atoms with Gasteiger partial charge in [-0.3, -0.25) is 0 Å². The molecule has 0 nitrogen and oxygen atoms in total. The van der Waals surface area contributed by atoms with Crippen molar-refractivity contribution in [1.82, 2.24) is 0 Å². The summed E-state index contributed by atoms with van der Waals surface area (Å²) in [7, 11) is 0. The Labute approximate surface area is 89.7 Å². The summed E-state index contributed by atoms with van der Waals surface area (Å²) in [6.07, 6.45) is 2.74. The molecule has 0 bridgehead atoms. The molecule has 1 aliphatic carbocycles. The molecule has 1 saturated carbocycles. The predicted octanol–water partition coefficient (Wildman–Crippen LogP) is 3.76. The average molecular weight is 213 g/mol. The Hall–Kier alpha value is -0.140. The quantitative estimate of drug-likeness (QED) is 0.725. The second kappa shape index (κ2) is 3.93. The number of hydrogen-bond donors (Lipinski definition) is 1. The number of hydrogen-bond acceptors (Lipinski definition) is 1. The third-order valence-electron chi connectivity index (χ3n) is 2.69. The summed E-state index contributed by atoms with van der Waals surface area (Å²) in [5.74, 6) is 2.46. The molecule has 1 unspecified atom stereocenters. The first-order valence-corrected chi connectivity index (χ1v) is 5.68. The molecule has 0 heterocycles. The van der Waals surface area contributed by atoms with E-state index in [1.54, 1.807) is 0 Å². The molecule has 70 valence electrons. The molecular weight excluding hydrogens is 200 g/mol. The molecule has 1 aromatic rings.